The van der Waals surface area contributed by atoms with Gasteiger partial charge in [-0.25, -0.2) is 9.78 Å². The van der Waals surface area contributed by atoms with E-state index in [1.807, 2.05) is 12.1 Å². The Kier molecular flexibility index (Phi) is 5.19. The number of nitrogens with zero attached hydrogens (tertiary/aromatic N) is 2. The minimum absolute atomic E-state index is 0.157. The Labute approximate surface area is 149 Å². The summed E-state index contributed by atoms with van der Waals surface area (Å²) in [4.78, 5) is 31.6. The number of hydrogen-bond acceptors (Lipinski definition) is 5. The first kappa shape index (κ1) is 17.1. The molecular formula is C19H16N4O3. The molecule has 3 N–H and O–H groups in total. The van der Waals surface area contributed by atoms with Crippen LogP contribution in [0, 0.1) is 0 Å². The van der Waals surface area contributed by atoms with Crippen LogP contribution in [0.1, 0.15) is 26.3 Å². The van der Waals surface area contributed by atoms with Crippen molar-refractivity contribution in [3.05, 3.63) is 83.8 Å². The Morgan fingerprint density at radius 1 is 0.962 bits per heavy atom. The normalized spacial score (nSPS) is 10.2. The zero-order valence-electron chi connectivity index (χ0n) is 13.7. The fraction of sp³-hybridized carbons (Fsp3) is 0.0526. The summed E-state index contributed by atoms with van der Waals surface area (Å²) in [5.74, 6) is -0.889. The molecule has 1 amide bonds. The Morgan fingerprint density at radius 3 is 2.38 bits per heavy atom. The standard InChI is InChI=1S/C19H16N4O3/c24-18(23-15-5-3-14(4-6-15)19(25)26)16-2-1-9-21-17(16)22-12-13-7-10-20-11-8-13/h1-11H,12H2,(H,21,22)(H,23,24)(H,25,26). The molecule has 7 nitrogen and oxygen atoms in total. The minimum Gasteiger partial charge on any atom is -0.478 e. The highest BCUT2D eigenvalue weighted by Crippen LogP contribution is 2.16. The van der Waals surface area contributed by atoms with Gasteiger partial charge in [-0.15, -0.1) is 0 Å². The molecule has 0 aliphatic heterocycles. The predicted octanol–water partition coefficient (Wildman–Crippen LogP) is 3.04. The molecule has 1 aromatic carbocycles. The van der Waals surface area contributed by atoms with E-state index in [1.165, 1.54) is 12.1 Å². The maximum atomic E-state index is 12.5. The molecule has 0 radical (unpaired) electrons. The Hall–Kier alpha value is -3.74. The van der Waals surface area contributed by atoms with Crippen LogP contribution < -0.4 is 10.6 Å². The second kappa shape index (κ2) is 7.89. The van der Waals surface area contributed by atoms with Crippen LogP contribution in [0.5, 0.6) is 0 Å². The highest BCUT2D eigenvalue weighted by molar-refractivity contribution is 6.07. The average molecular weight is 348 g/mol. The van der Waals surface area contributed by atoms with E-state index in [0.29, 0.717) is 23.6 Å². The first-order valence-electron chi connectivity index (χ1n) is 7.86. The van der Waals surface area contributed by atoms with Gasteiger partial charge >= 0.3 is 5.97 Å². The molecule has 0 unspecified atom stereocenters. The second-order valence-corrected chi connectivity index (χ2v) is 5.45. The summed E-state index contributed by atoms with van der Waals surface area (Å²) in [6.07, 6.45) is 5.00. The zero-order valence-corrected chi connectivity index (χ0v) is 13.7. The number of aromatic nitrogens is 2. The summed E-state index contributed by atoms with van der Waals surface area (Å²) >= 11 is 0. The van der Waals surface area contributed by atoms with Crippen LogP contribution >= 0.6 is 0 Å². The number of amides is 1. The van der Waals surface area contributed by atoms with Crippen molar-refractivity contribution >= 4 is 23.4 Å². The van der Waals surface area contributed by atoms with E-state index in [0.717, 1.165) is 5.56 Å². The van der Waals surface area contributed by atoms with Gasteiger partial charge < -0.3 is 15.7 Å². The van der Waals surface area contributed by atoms with Gasteiger partial charge in [-0.05, 0) is 54.1 Å². The topological polar surface area (TPSA) is 104 Å². The third kappa shape index (κ3) is 4.21. The maximum absolute atomic E-state index is 12.5. The number of anilines is 2. The van der Waals surface area contributed by atoms with Gasteiger partial charge in [0.2, 0.25) is 0 Å². The number of pyridine rings is 2. The highest BCUT2D eigenvalue weighted by atomic mass is 16.4. The van der Waals surface area contributed by atoms with Gasteiger partial charge in [0.25, 0.3) is 5.91 Å². The van der Waals surface area contributed by atoms with Crippen molar-refractivity contribution in [1.29, 1.82) is 0 Å². The number of nitrogens with one attached hydrogen (secondary N) is 2. The third-order valence-electron chi connectivity index (χ3n) is 3.65. The number of hydrogen-bond donors (Lipinski definition) is 3. The van der Waals surface area contributed by atoms with E-state index >= 15 is 0 Å². The summed E-state index contributed by atoms with van der Waals surface area (Å²) in [6.45, 7) is 0.507. The molecule has 0 saturated carbocycles. The first-order valence-corrected chi connectivity index (χ1v) is 7.86. The van der Waals surface area contributed by atoms with Gasteiger partial charge in [-0.2, -0.15) is 0 Å². The molecule has 130 valence electrons. The van der Waals surface area contributed by atoms with Gasteiger partial charge in [0, 0.05) is 30.8 Å². The Balaban J connectivity index is 1.72. The largest absolute Gasteiger partial charge is 0.478 e. The van der Waals surface area contributed by atoms with E-state index in [9.17, 15) is 9.59 Å². The zero-order chi connectivity index (χ0) is 18.4. The maximum Gasteiger partial charge on any atom is 0.335 e. The Bertz CT molecular complexity index is 912. The quantitative estimate of drug-likeness (QED) is 0.632. The van der Waals surface area contributed by atoms with Crippen molar-refractivity contribution in [3.63, 3.8) is 0 Å². The van der Waals surface area contributed by atoms with Crippen LogP contribution in [0.25, 0.3) is 0 Å². The first-order chi connectivity index (χ1) is 12.6. The molecule has 0 fully saturated rings. The molecule has 0 aliphatic carbocycles. The van der Waals surface area contributed by atoms with Gasteiger partial charge in [0.1, 0.15) is 5.82 Å². The molecule has 2 aromatic heterocycles. The number of carboxylic acids is 1. The summed E-state index contributed by atoms with van der Waals surface area (Å²) < 4.78 is 0. The van der Waals surface area contributed by atoms with Gasteiger partial charge in [0.05, 0.1) is 11.1 Å². The number of benzene rings is 1. The van der Waals surface area contributed by atoms with Crippen LogP contribution in [-0.4, -0.2) is 27.0 Å². The lowest BCUT2D eigenvalue weighted by Crippen LogP contribution is -2.15. The third-order valence-corrected chi connectivity index (χ3v) is 3.65. The second-order valence-electron chi connectivity index (χ2n) is 5.45. The molecule has 0 aliphatic rings. The van der Waals surface area contributed by atoms with E-state index in [4.69, 9.17) is 5.11 Å². The fourth-order valence-electron chi connectivity index (χ4n) is 2.31. The molecule has 0 bridgehead atoms. The van der Waals surface area contributed by atoms with Crippen molar-refractivity contribution in [2.24, 2.45) is 0 Å². The fourth-order valence-corrected chi connectivity index (χ4v) is 2.31. The van der Waals surface area contributed by atoms with E-state index in [2.05, 4.69) is 20.6 Å². The average Bonchev–Trinajstić information content (AvgIpc) is 2.68. The summed E-state index contributed by atoms with van der Waals surface area (Å²) in [5, 5.41) is 14.8. The van der Waals surface area contributed by atoms with Crippen molar-refractivity contribution < 1.29 is 14.7 Å². The van der Waals surface area contributed by atoms with Crippen LogP contribution in [0.2, 0.25) is 0 Å². The van der Waals surface area contributed by atoms with Crippen molar-refractivity contribution in [1.82, 2.24) is 9.97 Å². The number of carbonyl (C=O) groups is 2. The molecule has 0 saturated heterocycles. The van der Waals surface area contributed by atoms with Crippen LogP contribution in [0.4, 0.5) is 11.5 Å². The predicted molar refractivity (Wildman–Crippen MR) is 97.2 cm³/mol. The van der Waals surface area contributed by atoms with Crippen LogP contribution in [0.3, 0.4) is 0 Å². The number of carboxylic acid groups (broad SMARTS) is 1. The molecule has 2 heterocycles. The van der Waals surface area contributed by atoms with Crippen LogP contribution in [-0.2, 0) is 6.54 Å². The van der Waals surface area contributed by atoms with E-state index in [1.54, 1.807) is 42.9 Å². The molecule has 26 heavy (non-hydrogen) atoms. The van der Waals surface area contributed by atoms with Gasteiger partial charge in [-0.3, -0.25) is 9.78 Å². The highest BCUT2D eigenvalue weighted by Gasteiger charge is 2.13. The minimum atomic E-state index is -1.02. The van der Waals surface area contributed by atoms with Crippen molar-refractivity contribution in [2.45, 2.75) is 6.54 Å². The monoisotopic (exact) mass is 348 g/mol. The molecule has 3 aromatic rings. The molecule has 7 heteroatoms. The number of aromatic carboxylic acids is 1. The summed E-state index contributed by atoms with van der Waals surface area (Å²) in [6, 6.07) is 13.1. The van der Waals surface area contributed by atoms with Crippen LogP contribution in [0.15, 0.2) is 67.1 Å². The lowest BCUT2D eigenvalue weighted by molar-refractivity contribution is 0.0696. The van der Waals surface area contributed by atoms with Gasteiger partial charge in [0.15, 0.2) is 0 Å². The molecular weight excluding hydrogens is 332 g/mol. The summed E-state index contributed by atoms with van der Waals surface area (Å²) in [7, 11) is 0. The number of rotatable bonds is 6. The van der Waals surface area contributed by atoms with E-state index in [-0.39, 0.29) is 11.5 Å². The molecule has 3 rings (SSSR count). The van der Waals surface area contributed by atoms with Gasteiger partial charge in [-0.1, -0.05) is 0 Å². The van der Waals surface area contributed by atoms with E-state index < -0.39 is 5.97 Å². The van der Waals surface area contributed by atoms with Crippen molar-refractivity contribution in [2.75, 3.05) is 10.6 Å². The molecule has 0 atom stereocenters. The van der Waals surface area contributed by atoms with Crippen molar-refractivity contribution in [3.8, 4) is 0 Å². The molecule has 0 spiro atoms. The summed E-state index contributed by atoms with van der Waals surface area (Å²) in [5.41, 5.74) is 2.07. The lowest BCUT2D eigenvalue weighted by Gasteiger charge is -2.11. The lowest BCUT2D eigenvalue weighted by atomic mass is 10.2. The Morgan fingerprint density at radius 2 is 1.69 bits per heavy atom. The number of carbonyl (C=O) groups excluding carboxylic acids is 1. The smallest absolute Gasteiger partial charge is 0.335 e. The SMILES string of the molecule is O=C(O)c1ccc(NC(=O)c2cccnc2NCc2ccncc2)cc1.